The second kappa shape index (κ2) is 5.87. The van der Waals surface area contributed by atoms with Gasteiger partial charge in [0.25, 0.3) is 0 Å². The van der Waals surface area contributed by atoms with Crippen LogP contribution in [0.5, 0.6) is 0 Å². The predicted octanol–water partition coefficient (Wildman–Crippen LogP) is 2.95. The molecule has 1 saturated heterocycles. The number of nitriles is 2. The quantitative estimate of drug-likeness (QED) is 0.821. The standard InChI is InChI=1S/C14H14ClN3/c15-14-7-12(9-17)1-2-13(14)10-18-5-3-11(8-16)4-6-18/h1-2,7,11H,3-6,10H2. The molecule has 0 bridgehead atoms. The molecule has 0 unspecified atom stereocenters. The molecular formula is C14H14ClN3. The van der Waals surface area contributed by atoms with Gasteiger partial charge < -0.3 is 0 Å². The van der Waals surface area contributed by atoms with Gasteiger partial charge in [-0.05, 0) is 43.6 Å². The Bertz CT molecular complexity index is 505. The number of likely N-dealkylation sites (tertiary alicyclic amines) is 1. The third-order valence-electron chi connectivity index (χ3n) is 3.35. The van der Waals surface area contributed by atoms with Crippen molar-refractivity contribution in [1.82, 2.24) is 4.90 Å². The van der Waals surface area contributed by atoms with E-state index in [9.17, 15) is 0 Å². The van der Waals surface area contributed by atoms with E-state index in [1.54, 1.807) is 12.1 Å². The summed E-state index contributed by atoms with van der Waals surface area (Å²) < 4.78 is 0. The fourth-order valence-corrected chi connectivity index (χ4v) is 2.45. The highest BCUT2D eigenvalue weighted by atomic mass is 35.5. The Morgan fingerprint density at radius 3 is 2.56 bits per heavy atom. The van der Waals surface area contributed by atoms with Gasteiger partial charge in [0, 0.05) is 17.5 Å². The van der Waals surface area contributed by atoms with Crippen molar-refractivity contribution in [2.45, 2.75) is 19.4 Å². The second-order valence-corrected chi connectivity index (χ2v) is 5.00. The molecule has 0 saturated carbocycles. The van der Waals surface area contributed by atoms with E-state index in [0.717, 1.165) is 38.0 Å². The molecule has 0 amide bonds. The van der Waals surface area contributed by atoms with Crippen molar-refractivity contribution in [2.24, 2.45) is 5.92 Å². The van der Waals surface area contributed by atoms with Gasteiger partial charge in [-0.1, -0.05) is 17.7 Å². The summed E-state index contributed by atoms with van der Waals surface area (Å²) in [5.74, 6) is 0.206. The maximum atomic E-state index is 8.85. The smallest absolute Gasteiger partial charge is 0.0992 e. The average Bonchev–Trinajstić information content (AvgIpc) is 2.42. The summed E-state index contributed by atoms with van der Waals surface area (Å²) in [7, 11) is 0. The lowest BCUT2D eigenvalue weighted by Crippen LogP contribution is -2.32. The molecular weight excluding hydrogens is 246 g/mol. The van der Waals surface area contributed by atoms with Crippen molar-refractivity contribution in [1.29, 1.82) is 10.5 Å². The normalized spacial score (nSPS) is 17.1. The maximum absolute atomic E-state index is 8.85. The number of halogens is 1. The zero-order valence-electron chi connectivity index (χ0n) is 10.1. The Morgan fingerprint density at radius 1 is 1.28 bits per heavy atom. The van der Waals surface area contributed by atoms with Crippen LogP contribution in [0.15, 0.2) is 18.2 Å². The molecule has 1 aromatic rings. The lowest BCUT2D eigenvalue weighted by Gasteiger charge is -2.29. The molecule has 2 rings (SSSR count). The van der Waals surface area contributed by atoms with Crippen LogP contribution >= 0.6 is 11.6 Å². The lowest BCUT2D eigenvalue weighted by molar-refractivity contribution is 0.198. The van der Waals surface area contributed by atoms with Crippen LogP contribution in [0.3, 0.4) is 0 Å². The Labute approximate surface area is 112 Å². The van der Waals surface area contributed by atoms with Crippen LogP contribution in [-0.2, 0) is 6.54 Å². The summed E-state index contributed by atoms with van der Waals surface area (Å²) >= 11 is 6.15. The van der Waals surface area contributed by atoms with E-state index >= 15 is 0 Å². The molecule has 0 atom stereocenters. The summed E-state index contributed by atoms with van der Waals surface area (Å²) in [5.41, 5.74) is 1.64. The van der Waals surface area contributed by atoms with Crippen LogP contribution in [0.1, 0.15) is 24.0 Å². The number of rotatable bonds is 2. The molecule has 0 spiro atoms. The van der Waals surface area contributed by atoms with E-state index < -0.39 is 0 Å². The van der Waals surface area contributed by atoms with Crippen LogP contribution in [0.2, 0.25) is 5.02 Å². The molecule has 1 aliphatic rings. The van der Waals surface area contributed by atoms with Crippen LogP contribution in [-0.4, -0.2) is 18.0 Å². The predicted molar refractivity (Wildman–Crippen MR) is 69.8 cm³/mol. The van der Waals surface area contributed by atoms with Crippen LogP contribution < -0.4 is 0 Å². The fourth-order valence-electron chi connectivity index (χ4n) is 2.21. The first-order valence-electron chi connectivity index (χ1n) is 6.03. The molecule has 1 heterocycles. The van der Waals surface area contributed by atoms with E-state index in [2.05, 4.69) is 17.0 Å². The first kappa shape index (κ1) is 12.9. The largest absolute Gasteiger partial charge is 0.299 e. The average molecular weight is 260 g/mol. The molecule has 0 aliphatic carbocycles. The lowest BCUT2D eigenvalue weighted by atomic mass is 9.98. The van der Waals surface area contributed by atoms with Gasteiger partial charge in [-0.2, -0.15) is 10.5 Å². The van der Waals surface area contributed by atoms with Gasteiger partial charge in [0.2, 0.25) is 0 Å². The van der Waals surface area contributed by atoms with E-state index in [0.29, 0.717) is 10.6 Å². The Kier molecular flexibility index (Phi) is 4.20. The molecule has 0 aromatic heterocycles. The summed E-state index contributed by atoms with van der Waals surface area (Å²) in [6.07, 6.45) is 1.87. The molecule has 0 radical (unpaired) electrons. The van der Waals surface area contributed by atoms with Crippen LogP contribution in [0, 0.1) is 28.6 Å². The number of hydrogen-bond donors (Lipinski definition) is 0. The van der Waals surface area contributed by atoms with Crippen molar-refractivity contribution >= 4 is 11.6 Å². The first-order valence-corrected chi connectivity index (χ1v) is 6.41. The Balaban J connectivity index is 1.99. The van der Waals surface area contributed by atoms with Gasteiger partial charge in [-0.3, -0.25) is 4.90 Å². The minimum Gasteiger partial charge on any atom is -0.299 e. The van der Waals surface area contributed by atoms with Gasteiger partial charge in [-0.15, -0.1) is 0 Å². The number of benzene rings is 1. The van der Waals surface area contributed by atoms with Crippen molar-refractivity contribution < 1.29 is 0 Å². The zero-order chi connectivity index (χ0) is 13.0. The third-order valence-corrected chi connectivity index (χ3v) is 3.70. The zero-order valence-corrected chi connectivity index (χ0v) is 10.8. The van der Waals surface area contributed by atoms with Gasteiger partial charge >= 0.3 is 0 Å². The second-order valence-electron chi connectivity index (χ2n) is 4.60. The van der Waals surface area contributed by atoms with E-state index in [4.69, 9.17) is 22.1 Å². The van der Waals surface area contributed by atoms with Gasteiger partial charge in [0.15, 0.2) is 0 Å². The number of hydrogen-bond acceptors (Lipinski definition) is 3. The van der Waals surface area contributed by atoms with Crippen molar-refractivity contribution in [3.05, 3.63) is 34.3 Å². The highest BCUT2D eigenvalue weighted by molar-refractivity contribution is 6.31. The fraction of sp³-hybridized carbons (Fsp3) is 0.429. The topological polar surface area (TPSA) is 50.8 Å². The molecule has 0 N–H and O–H groups in total. The highest BCUT2D eigenvalue weighted by Gasteiger charge is 2.19. The van der Waals surface area contributed by atoms with Crippen LogP contribution in [0.4, 0.5) is 0 Å². The van der Waals surface area contributed by atoms with Gasteiger partial charge in [0.05, 0.1) is 17.7 Å². The third kappa shape index (κ3) is 3.01. The first-order chi connectivity index (χ1) is 8.72. The van der Waals surface area contributed by atoms with Crippen molar-refractivity contribution in [2.75, 3.05) is 13.1 Å². The minimum absolute atomic E-state index is 0.206. The molecule has 1 aromatic carbocycles. The van der Waals surface area contributed by atoms with Gasteiger partial charge in [-0.25, -0.2) is 0 Å². The molecule has 1 fully saturated rings. The van der Waals surface area contributed by atoms with Crippen LogP contribution in [0.25, 0.3) is 0 Å². The Morgan fingerprint density at radius 2 is 2.00 bits per heavy atom. The minimum atomic E-state index is 0.206. The molecule has 18 heavy (non-hydrogen) atoms. The van der Waals surface area contributed by atoms with E-state index in [1.807, 2.05) is 6.07 Å². The molecule has 3 nitrogen and oxygen atoms in total. The summed E-state index contributed by atoms with van der Waals surface area (Å²) in [4.78, 5) is 2.31. The number of nitrogens with zero attached hydrogens (tertiary/aromatic N) is 3. The maximum Gasteiger partial charge on any atom is 0.0992 e. The molecule has 4 heteroatoms. The summed E-state index contributed by atoms with van der Waals surface area (Å²) in [5, 5.41) is 18.3. The highest BCUT2D eigenvalue weighted by Crippen LogP contribution is 2.22. The summed E-state index contributed by atoms with van der Waals surface area (Å²) in [6, 6.07) is 9.82. The molecule has 92 valence electrons. The van der Waals surface area contributed by atoms with Crippen molar-refractivity contribution in [3.8, 4) is 12.1 Å². The van der Waals surface area contributed by atoms with E-state index in [1.165, 1.54) is 0 Å². The van der Waals surface area contributed by atoms with Crippen molar-refractivity contribution in [3.63, 3.8) is 0 Å². The Hall–Kier alpha value is -1.55. The van der Waals surface area contributed by atoms with Gasteiger partial charge in [0.1, 0.15) is 0 Å². The monoisotopic (exact) mass is 259 g/mol. The number of piperidine rings is 1. The summed E-state index contributed by atoms with van der Waals surface area (Å²) in [6.45, 7) is 2.67. The molecule has 1 aliphatic heterocycles. The SMILES string of the molecule is N#Cc1ccc(CN2CCC(C#N)CC2)c(Cl)c1. The van der Waals surface area contributed by atoms with E-state index in [-0.39, 0.29) is 5.92 Å².